The maximum Gasteiger partial charge on any atom is 0.303 e. The van der Waals surface area contributed by atoms with Crippen molar-refractivity contribution in [2.45, 2.75) is 70.9 Å². The third-order valence-electron chi connectivity index (χ3n) is 6.16. The third-order valence-corrected chi connectivity index (χ3v) is 6.16. The van der Waals surface area contributed by atoms with Crippen molar-refractivity contribution in [2.24, 2.45) is 5.41 Å². The Labute approximate surface area is 158 Å². The van der Waals surface area contributed by atoms with Crippen molar-refractivity contribution in [3.63, 3.8) is 0 Å². The van der Waals surface area contributed by atoms with Gasteiger partial charge < -0.3 is 4.74 Å². The van der Waals surface area contributed by atoms with Crippen LogP contribution in [0.4, 0.5) is 0 Å². The van der Waals surface area contributed by atoms with Crippen LogP contribution in [-0.4, -0.2) is 35.6 Å². The second-order valence-corrected chi connectivity index (χ2v) is 8.63. The largest absolute Gasteiger partial charge is 0.459 e. The van der Waals surface area contributed by atoms with Crippen LogP contribution in [-0.2, 0) is 9.53 Å². The standard InChI is InChI=1S/C21H31NO2.ClH/c1-16(23)24-21(20(2,3)4)12-13-22-15-18(10-11-19(22)14-21)17-8-6-5-7-9-17;/h5-9,18-19H,10-15H2,1-4H3;1H/t18-,19+,21-;/m0./s1. The van der Waals surface area contributed by atoms with Crippen LogP contribution in [0.5, 0.6) is 0 Å². The van der Waals surface area contributed by atoms with Crippen molar-refractivity contribution in [3.8, 4) is 0 Å². The second kappa shape index (κ2) is 7.67. The van der Waals surface area contributed by atoms with Crippen LogP contribution in [0, 0.1) is 5.41 Å². The fourth-order valence-corrected chi connectivity index (χ4v) is 4.61. The quantitative estimate of drug-likeness (QED) is 0.705. The van der Waals surface area contributed by atoms with E-state index >= 15 is 0 Å². The van der Waals surface area contributed by atoms with Crippen LogP contribution in [0.1, 0.15) is 64.9 Å². The highest BCUT2D eigenvalue weighted by Crippen LogP contribution is 2.47. The Morgan fingerprint density at radius 2 is 1.88 bits per heavy atom. The summed E-state index contributed by atoms with van der Waals surface area (Å²) in [6, 6.07) is 11.4. The zero-order valence-corrected chi connectivity index (χ0v) is 16.8. The summed E-state index contributed by atoms with van der Waals surface area (Å²) in [6.45, 7) is 10.3. The number of hydrogen-bond donors (Lipinski definition) is 0. The normalized spacial score (nSPS) is 30.1. The van der Waals surface area contributed by atoms with Gasteiger partial charge in [0.1, 0.15) is 5.60 Å². The number of carbonyl (C=O) groups excluding carboxylic acids is 1. The molecule has 0 N–H and O–H groups in total. The molecule has 1 aromatic rings. The number of esters is 1. The van der Waals surface area contributed by atoms with Gasteiger partial charge in [0.2, 0.25) is 0 Å². The molecule has 1 aromatic carbocycles. The van der Waals surface area contributed by atoms with Gasteiger partial charge in [-0.15, -0.1) is 12.4 Å². The molecule has 2 aliphatic heterocycles. The van der Waals surface area contributed by atoms with Crippen molar-refractivity contribution in [3.05, 3.63) is 35.9 Å². The number of carbonyl (C=O) groups is 1. The van der Waals surface area contributed by atoms with Crippen molar-refractivity contribution in [1.29, 1.82) is 0 Å². The molecule has 4 heteroatoms. The number of fused-ring (bicyclic) bond motifs is 1. The highest BCUT2D eigenvalue weighted by Gasteiger charge is 2.51. The van der Waals surface area contributed by atoms with Gasteiger partial charge >= 0.3 is 5.97 Å². The highest BCUT2D eigenvalue weighted by molar-refractivity contribution is 5.85. The van der Waals surface area contributed by atoms with Gasteiger partial charge in [-0.1, -0.05) is 51.1 Å². The average molecular weight is 366 g/mol. The van der Waals surface area contributed by atoms with Crippen molar-refractivity contribution in [1.82, 2.24) is 4.90 Å². The lowest BCUT2D eigenvalue weighted by molar-refractivity contribution is -0.186. The lowest BCUT2D eigenvalue weighted by Crippen LogP contribution is -2.59. The maximum absolute atomic E-state index is 11.7. The topological polar surface area (TPSA) is 29.5 Å². The summed E-state index contributed by atoms with van der Waals surface area (Å²) >= 11 is 0. The first-order valence-corrected chi connectivity index (χ1v) is 9.29. The maximum atomic E-state index is 11.7. The molecule has 140 valence electrons. The van der Waals surface area contributed by atoms with E-state index in [1.165, 1.54) is 18.4 Å². The summed E-state index contributed by atoms with van der Waals surface area (Å²) in [4.78, 5) is 14.4. The SMILES string of the molecule is CC(=O)O[C@@]1(C(C)(C)C)CCN2C[C@@H](c3ccccc3)CC[C@@H]2C1.Cl. The molecular formula is C21H32ClNO2. The monoisotopic (exact) mass is 365 g/mol. The van der Waals surface area contributed by atoms with E-state index < -0.39 is 0 Å². The van der Waals surface area contributed by atoms with E-state index in [0.717, 1.165) is 25.9 Å². The fraction of sp³-hybridized carbons (Fsp3) is 0.667. The predicted octanol–water partition coefficient (Wildman–Crippen LogP) is 4.80. The predicted molar refractivity (Wildman–Crippen MR) is 104 cm³/mol. The van der Waals surface area contributed by atoms with E-state index in [1.54, 1.807) is 6.92 Å². The Hall–Kier alpha value is -1.06. The number of nitrogens with zero attached hydrogens (tertiary/aromatic N) is 1. The molecule has 3 nitrogen and oxygen atoms in total. The van der Waals surface area contributed by atoms with Crippen LogP contribution in [0.2, 0.25) is 0 Å². The van der Waals surface area contributed by atoms with E-state index in [0.29, 0.717) is 12.0 Å². The van der Waals surface area contributed by atoms with Gasteiger partial charge in [0.15, 0.2) is 0 Å². The van der Waals surface area contributed by atoms with Crippen LogP contribution >= 0.6 is 12.4 Å². The van der Waals surface area contributed by atoms with E-state index in [4.69, 9.17) is 4.74 Å². The molecular weight excluding hydrogens is 334 g/mol. The van der Waals surface area contributed by atoms with Crippen molar-refractivity contribution < 1.29 is 9.53 Å². The van der Waals surface area contributed by atoms with Gasteiger partial charge in [0.05, 0.1) is 0 Å². The molecule has 0 radical (unpaired) electrons. The minimum absolute atomic E-state index is 0. The highest BCUT2D eigenvalue weighted by atomic mass is 35.5. The molecule has 2 heterocycles. The number of hydrogen-bond acceptors (Lipinski definition) is 3. The Kier molecular flexibility index (Phi) is 6.22. The number of halogens is 1. The molecule has 25 heavy (non-hydrogen) atoms. The smallest absolute Gasteiger partial charge is 0.303 e. The molecule has 2 saturated heterocycles. The molecule has 2 fully saturated rings. The van der Waals surface area contributed by atoms with Gasteiger partial charge in [0, 0.05) is 44.3 Å². The molecule has 0 aliphatic carbocycles. The van der Waals surface area contributed by atoms with Gasteiger partial charge in [-0.05, 0) is 24.3 Å². The van der Waals surface area contributed by atoms with Gasteiger partial charge in [0.25, 0.3) is 0 Å². The van der Waals surface area contributed by atoms with Gasteiger partial charge in [-0.25, -0.2) is 0 Å². The molecule has 3 atom stereocenters. The zero-order valence-electron chi connectivity index (χ0n) is 16.0. The van der Waals surface area contributed by atoms with E-state index in [2.05, 4.69) is 56.0 Å². The van der Waals surface area contributed by atoms with Crippen LogP contribution in [0.3, 0.4) is 0 Å². The lowest BCUT2D eigenvalue weighted by atomic mass is 9.67. The van der Waals surface area contributed by atoms with Crippen LogP contribution < -0.4 is 0 Å². The molecule has 0 bridgehead atoms. The third kappa shape index (κ3) is 4.20. The minimum atomic E-state index is -0.320. The summed E-state index contributed by atoms with van der Waals surface area (Å²) in [5.74, 6) is 0.495. The zero-order chi connectivity index (χ0) is 17.4. The molecule has 2 aliphatic rings. The number of ether oxygens (including phenoxy) is 1. The Morgan fingerprint density at radius 3 is 2.48 bits per heavy atom. The first-order chi connectivity index (χ1) is 11.3. The fourth-order valence-electron chi connectivity index (χ4n) is 4.61. The number of rotatable bonds is 2. The summed E-state index contributed by atoms with van der Waals surface area (Å²) in [5, 5.41) is 0. The Balaban J connectivity index is 0.00000225. The minimum Gasteiger partial charge on any atom is -0.459 e. The van der Waals surface area contributed by atoms with Gasteiger partial charge in [-0.2, -0.15) is 0 Å². The summed E-state index contributed by atoms with van der Waals surface area (Å²) < 4.78 is 5.94. The summed E-state index contributed by atoms with van der Waals surface area (Å²) in [5.41, 5.74) is 1.12. The molecule has 0 unspecified atom stereocenters. The lowest BCUT2D eigenvalue weighted by Gasteiger charge is -2.54. The number of piperidine rings is 2. The Bertz CT molecular complexity index is 583. The van der Waals surface area contributed by atoms with Crippen molar-refractivity contribution >= 4 is 18.4 Å². The summed E-state index contributed by atoms with van der Waals surface area (Å²) in [7, 11) is 0. The van der Waals surface area contributed by atoms with Gasteiger partial charge in [-0.3, -0.25) is 9.69 Å². The summed E-state index contributed by atoms with van der Waals surface area (Å²) in [6.07, 6.45) is 4.33. The van der Waals surface area contributed by atoms with Crippen LogP contribution in [0.15, 0.2) is 30.3 Å². The Morgan fingerprint density at radius 1 is 1.20 bits per heavy atom. The second-order valence-electron chi connectivity index (χ2n) is 8.63. The molecule has 0 amide bonds. The first-order valence-electron chi connectivity index (χ1n) is 9.29. The number of benzene rings is 1. The van der Waals surface area contributed by atoms with E-state index in [-0.39, 0.29) is 29.4 Å². The molecule has 0 spiro atoms. The van der Waals surface area contributed by atoms with Crippen molar-refractivity contribution in [2.75, 3.05) is 13.1 Å². The van der Waals surface area contributed by atoms with E-state index in [1.807, 2.05) is 0 Å². The van der Waals surface area contributed by atoms with E-state index in [9.17, 15) is 4.79 Å². The molecule has 0 aromatic heterocycles. The molecule has 3 rings (SSSR count). The average Bonchev–Trinajstić information content (AvgIpc) is 2.53. The molecule has 0 saturated carbocycles. The first kappa shape index (κ1) is 20.3. The van der Waals surface area contributed by atoms with Crippen LogP contribution in [0.25, 0.3) is 0 Å².